The van der Waals surface area contributed by atoms with Crippen LogP contribution in [0.1, 0.15) is 0 Å². The van der Waals surface area contributed by atoms with Gasteiger partial charge in [0.2, 0.25) is 5.91 Å². The van der Waals surface area contributed by atoms with E-state index >= 15 is 0 Å². The lowest BCUT2D eigenvalue weighted by molar-refractivity contribution is -0.118. The van der Waals surface area contributed by atoms with Gasteiger partial charge in [-0.3, -0.25) is 9.78 Å². The van der Waals surface area contributed by atoms with E-state index in [1.807, 2.05) is 6.07 Å². The average Bonchev–Trinajstić information content (AvgIpc) is 2.38. The van der Waals surface area contributed by atoms with Crippen molar-refractivity contribution in [2.75, 3.05) is 19.0 Å². The Labute approximate surface area is 115 Å². The van der Waals surface area contributed by atoms with Gasteiger partial charge in [-0.1, -0.05) is 17.7 Å². The summed E-state index contributed by atoms with van der Waals surface area (Å²) in [5, 5.41) is 4.10. The van der Waals surface area contributed by atoms with Gasteiger partial charge in [0.1, 0.15) is 6.04 Å². The molecule has 0 fully saturated rings. The minimum absolute atomic E-state index is 0.151. The highest BCUT2D eigenvalue weighted by molar-refractivity contribution is 6.32. The number of nitrogens with zero attached hydrogens (tertiary/aromatic N) is 1. The van der Waals surface area contributed by atoms with Gasteiger partial charge < -0.3 is 15.8 Å². The van der Waals surface area contributed by atoms with Crippen LogP contribution in [0.2, 0.25) is 5.02 Å². The van der Waals surface area contributed by atoms with Crippen LogP contribution in [0.5, 0.6) is 0 Å². The number of hydrogen-bond donors (Lipinski definition) is 2. The third-order valence-corrected chi connectivity index (χ3v) is 2.83. The summed E-state index contributed by atoms with van der Waals surface area (Å²) in [4.78, 5) is 16.1. The highest BCUT2D eigenvalue weighted by Crippen LogP contribution is 2.26. The zero-order valence-corrected chi connectivity index (χ0v) is 11.1. The van der Waals surface area contributed by atoms with Gasteiger partial charge >= 0.3 is 0 Å². The molecule has 2 aromatic rings. The number of nitrogens with one attached hydrogen (secondary N) is 1. The minimum atomic E-state index is -0.734. The highest BCUT2D eigenvalue weighted by atomic mass is 35.5. The Kier molecular flexibility index (Phi) is 4.31. The van der Waals surface area contributed by atoms with Crippen molar-refractivity contribution in [1.29, 1.82) is 0 Å². The van der Waals surface area contributed by atoms with Gasteiger partial charge in [-0.05, 0) is 18.2 Å². The maximum absolute atomic E-state index is 11.9. The summed E-state index contributed by atoms with van der Waals surface area (Å²) in [5.41, 5.74) is 6.88. The van der Waals surface area contributed by atoms with Gasteiger partial charge in [0.05, 0.1) is 17.8 Å². The maximum Gasteiger partial charge on any atom is 0.243 e. The number of carbonyl (C=O) groups is 1. The van der Waals surface area contributed by atoms with Crippen LogP contribution in [0.15, 0.2) is 30.5 Å². The first-order valence-corrected chi connectivity index (χ1v) is 6.09. The van der Waals surface area contributed by atoms with E-state index in [1.54, 1.807) is 24.4 Å². The maximum atomic E-state index is 11.9. The lowest BCUT2D eigenvalue weighted by Gasteiger charge is -2.13. The fraction of sp³-hybridized carbons (Fsp3) is 0.231. The second-order valence-corrected chi connectivity index (χ2v) is 4.52. The number of amides is 1. The molecule has 0 spiro atoms. The van der Waals surface area contributed by atoms with Crippen LogP contribution in [0.3, 0.4) is 0 Å². The van der Waals surface area contributed by atoms with Crippen molar-refractivity contribution in [2.24, 2.45) is 5.73 Å². The van der Waals surface area contributed by atoms with Crippen LogP contribution >= 0.6 is 11.6 Å². The van der Waals surface area contributed by atoms with E-state index in [4.69, 9.17) is 22.1 Å². The molecule has 100 valence electrons. The van der Waals surface area contributed by atoms with Crippen LogP contribution in [0, 0.1) is 0 Å². The van der Waals surface area contributed by atoms with Crippen molar-refractivity contribution >= 4 is 34.1 Å². The zero-order chi connectivity index (χ0) is 13.8. The molecule has 0 saturated carbocycles. The number of rotatable bonds is 4. The number of hydrogen-bond acceptors (Lipinski definition) is 4. The van der Waals surface area contributed by atoms with Crippen molar-refractivity contribution in [1.82, 2.24) is 4.98 Å². The minimum Gasteiger partial charge on any atom is -0.383 e. The third-order valence-electron chi connectivity index (χ3n) is 2.61. The van der Waals surface area contributed by atoms with Crippen LogP contribution in [-0.2, 0) is 9.53 Å². The number of aromatic nitrogens is 1. The molecular formula is C13H14ClN3O2. The summed E-state index contributed by atoms with van der Waals surface area (Å²) in [6, 6.07) is 6.38. The number of ether oxygens (including phenoxy) is 1. The zero-order valence-electron chi connectivity index (χ0n) is 10.4. The Morgan fingerprint density at radius 1 is 1.58 bits per heavy atom. The van der Waals surface area contributed by atoms with Crippen molar-refractivity contribution in [3.63, 3.8) is 0 Å². The standard InChI is InChI=1S/C13H14ClN3O2/c1-19-7-10(15)13(18)17-11-6-9(14)5-8-3-2-4-16-12(8)11/h2-6,10H,7,15H2,1H3,(H,17,18). The molecule has 0 aliphatic rings. The molecule has 1 amide bonds. The summed E-state index contributed by atoms with van der Waals surface area (Å²) < 4.78 is 4.85. The molecule has 19 heavy (non-hydrogen) atoms. The molecule has 2 rings (SSSR count). The fourth-order valence-electron chi connectivity index (χ4n) is 1.73. The second-order valence-electron chi connectivity index (χ2n) is 4.08. The summed E-state index contributed by atoms with van der Waals surface area (Å²) >= 11 is 6.01. The lowest BCUT2D eigenvalue weighted by atomic mass is 10.2. The van der Waals surface area contributed by atoms with Gasteiger partial charge in [0, 0.05) is 23.7 Å². The largest absolute Gasteiger partial charge is 0.383 e. The molecule has 1 aromatic carbocycles. The van der Waals surface area contributed by atoms with Crippen molar-refractivity contribution in [2.45, 2.75) is 6.04 Å². The molecule has 0 aliphatic heterocycles. The number of methoxy groups -OCH3 is 1. The topological polar surface area (TPSA) is 77.2 Å². The Hall–Kier alpha value is -1.69. The van der Waals surface area contributed by atoms with Crippen LogP contribution in [0.4, 0.5) is 5.69 Å². The van der Waals surface area contributed by atoms with Gasteiger partial charge in [0.15, 0.2) is 0 Å². The summed E-state index contributed by atoms with van der Waals surface area (Å²) in [6.45, 7) is 0.151. The Balaban J connectivity index is 2.32. The number of anilines is 1. The number of nitrogens with two attached hydrogens (primary N) is 1. The smallest absolute Gasteiger partial charge is 0.243 e. The Morgan fingerprint density at radius 2 is 2.37 bits per heavy atom. The molecule has 0 radical (unpaired) electrons. The quantitative estimate of drug-likeness (QED) is 0.895. The summed E-state index contributed by atoms with van der Waals surface area (Å²) in [5.74, 6) is -0.337. The highest BCUT2D eigenvalue weighted by Gasteiger charge is 2.15. The van der Waals surface area contributed by atoms with E-state index in [1.165, 1.54) is 7.11 Å². The molecule has 0 saturated heterocycles. The van der Waals surface area contributed by atoms with Crippen LogP contribution in [0.25, 0.3) is 10.9 Å². The third kappa shape index (κ3) is 3.20. The molecule has 1 unspecified atom stereocenters. The molecular weight excluding hydrogens is 266 g/mol. The predicted molar refractivity (Wildman–Crippen MR) is 75.2 cm³/mol. The predicted octanol–water partition coefficient (Wildman–Crippen LogP) is 1.80. The number of carbonyl (C=O) groups excluding carboxylic acids is 1. The first-order valence-electron chi connectivity index (χ1n) is 5.71. The molecule has 1 aromatic heterocycles. The van der Waals surface area contributed by atoms with Gasteiger partial charge in [-0.25, -0.2) is 0 Å². The molecule has 3 N–H and O–H groups in total. The lowest BCUT2D eigenvalue weighted by Crippen LogP contribution is -2.39. The number of halogens is 1. The fourth-order valence-corrected chi connectivity index (χ4v) is 1.96. The van der Waals surface area contributed by atoms with E-state index in [0.29, 0.717) is 16.2 Å². The summed E-state index contributed by atoms with van der Waals surface area (Å²) in [6.07, 6.45) is 1.65. The van der Waals surface area contributed by atoms with Gasteiger partial charge in [-0.15, -0.1) is 0 Å². The van der Waals surface area contributed by atoms with Crippen molar-refractivity contribution in [3.05, 3.63) is 35.5 Å². The number of fused-ring (bicyclic) bond motifs is 1. The van der Waals surface area contributed by atoms with E-state index < -0.39 is 6.04 Å². The molecule has 6 heteroatoms. The second kappa shape index (κ2) is 5.97. The van der Waals surface area contributed by atoms with Crippen molar-refractivity contribution < 1.29 is 9.53 Å². The number of pyridine rings is 1. The van der Waals surface area contributed by atoms with E-state index in [2.05, 4.69) is 10.3 Å². The van der Waals surface area contributed by atoms with E-state index in [9.17, 15) is 4.79 Å². The Bertz CT molecular complexity index is 603. The van der Waals surface area contributed by atoms with Gasteiger partial charge in [-0.2, -0.15) is 0 Å². The van der Waals surface area contributed by atoms with E-state index in [-0.39, 0.29) is 12.5 Å². The molecule has 0 bridgehead atoms. The average molecular weight is 280 g/mol. The summed E-state index contributed by atoms with van der Waals surface area (Å²) in [7, 11) is 1.49. The Morgan fingerprint density at radius 3 is 3.11 bits per heavy atom. The SMILES string of the molecule is COCC(N)C(=O)Nc1cc(Cl)cc2cccnc12. The first-order chi connectivity index (χ1) is 9.11. The monoisotopic (exact) mass is 279 g/mol. The van der Waals surface area contributed by atoms with Gasteiger partial charge in [0.25, 0.3) is 0 Å². The van der Waals surface area contributed by atoms with Crippen LogP contribution in [-0.4, -0.2) is 30.6 Å². The van der Waals surface area contributed by atoms with Crippen LogP contribution < -0.4 is 11.1 Å². The first kappa shape index (κ1) is 13.7. The number of benzene rings is 1. The molecule has 1 atom stereocenters. The normalized spacial score (nSPS) is 12.4. The molecule has 5 nitrogen and oxygen atoms in total. The van der Waals surface area contributed by atoms with E-state index in [0.717, 1.165) is 5.39 Å². The molecule has 1 heterocycles. The molecule has 0 aliphatic carbocycles. The van der Waals surface area contributed by atoms with Crippen molar-refractivity contribution in [3.8, 4) is 0 Å².